The molecular formula is H5AlCaOSi. The molecular weight excluding hydrogens is 111 g/mol. The van der Waals surface area contributed by atoms with Crippen LogP contribution in [0, 0.1) is 0 Å². The molecule has 0 heterocycles. The molecule has 0 bridgehead atoms. The molecule has 0 amide bonds. The molecule has 2 radical (unpaired) electrons. The van der Waals surface area contributed by atoms with Crippen molar-refractivity contribution in [2.24, 2.45) is 0 Å². The molecule has 0 spiro atoms. The van der Waals surface area contributed by atoms with Gasteiger partial charge < -0.3 is 2.85 Å². The van der Waals surface area contributed by atoms with Gasteiger partial charge in [0, 0.05) is 0 Å². The SMILES string of the molecule is [Ca+2].[H-].[H-].[O]=[Al].[SiH3]. The van der Waals surface area contributed by atoms with E-state index in [1.54, 1.807) is 0 Å². The predicted molar refractivity (Wildman–Crippen MR) is 24.4 cm³/mol. The third kappa shape index (κ3) is 9.18. The zero-order valence-corrected chi connectivity index (χ0v) is 8.06. The van der Waals surface area contributed by atoms with Crippen LogP contribution in [0.3, 0.4) is 0 Å². The van der Waals surface area contributed by atoms with E-state index in [9.17, 15) is 0 Å². The summed E-state index contributed by atoms with van der Waals surface area (Å²) in [7, 11) is 0. The second kappa shape index (κ2) is 21.3. The van der Waals surface area contributed by atoms with Gasteiger partial charge in [-0.2, -0.15) is 0 Å². The molecule has 4 heavy (non-hydrogen) atoms. The smallest absolute Gasteiger partial charge is 0.0125 e. The minimum atomic E-state index is 0. The summed E-state index contributed by atoms with van der Waals surface area (Å²) in [5.74, 6) is 0. The minimum absolute atomic E-state index is 0. The third-order valence-corrected chi connectivity index (χ3v) is 0. The van der Waals surface area contributed by atoms with Crippen molar-refractivity contribution in [1.29, 1.82) is 0 Å². The minimum Gasteiger partial charge on any atom is -0.0125 e. The zero-order chi connectivity index (χ0) is 2.00. The van der Waals surface area contributed by atoms with Gasteiger partial charge in [0.2, 0.25) is 0 Å². The van der Waals surface area contributed by atoms with Crippen LogP contribution < -0.4 is 0 Å². The maximum atomic E-state index is 8.17. The van der Waals surface area contributed by atoms with Crippen molar-refractivity contribution in [2.45, 2.75) is 0 Å². The van der Waals surface area contributed by atoms with E-state index in [0.717, 1.165) is 0 Å². The second-order valence-electron chi connectivity index (χ2n) is 0. The average molecular weight is 116 g/mol. The summed E-state index contributed by atoms with van der Waals surface area (Å²) < 4.78 is 8.17. The normalized spacial score (nSPS) is 0.750. The van der Waals surface area contributed by atoms with Crippen molar-refractivity contribution in [3.05, 3.63) is 0 Å². The van der Waals surface area contributed by atoms with Crippen LogP contribution in [0.25, 0.3) is 0 Å². The van der Waals surface area contributed by atoms with E-state index in [4.69, 9.17) is 3.80 Å². The molecule has 4 heteroatoms. The maximum absolute atomic E-state index is 8.17. The summed E-state index contributed by atoms with van der Waals surface area (Å²) in [5.41, 5.74) is 0. The van der Waals surface area contributed by atoms with Crippen LogP contribution in [0.2, 0.25) is 0 Å². The van der Waals surface area contributed by atoms with Crippen molar-refractivity contribution < 1.29 is 6.66 Å². The Kier molecular flexibility index (Phi) is 90.7. The molecule has 0 fully saturated rings. The molecule has 0 aromatic carbocycles. The maximum Gasteiger partial charge on any atom is -0.0125 e. The first-order valence-corrected chi connectivity index (χ1v) is 0.707. The first-order chi connectivity index (χ1) is 1.00. The summed E-state index contributed by atoms with van der Waals surface area (Å²) in [6.45, 7) is 0. The molecule has 0 saturated heterocycles. The Morgan fingerprint density at radius 1 is 1.50 bits per heavy atom. The molecule has 0 unspecified atom stereocenters. The van der Waals surface area contributed by atoms with Gasteiger partial charge in [-0.05, 0) is 11.0 Å². The number of hydrogen-bond acceptors (Lipinski definition) is 1. The van der Waals surface area contributed by atoms with Crippen molar-refractivity contribution in [2.75, 3.05) is 0 Å². The summed E-state index contributed by atoms with van der Waals surface area (Å²) in [4.78, 5) is 0. The molecule has 20 valence electrons. The Morgan fingerprint density at radius 2 is 1.50 bits per heavy atom. The van der Waals surface area contributed by atoms with Gasteiger partial charge in [0.05, 0.1) is 0 Å². The third-order valence-electron chi connectivity index (χ3n) is 0. The van der Waals surface area contributed by atoms with E-state index in [1.807, 2.05) is 0 Å². The van der Waals surface area contributed by atoms with Crippen LogP contribution in [0.1, 0.15) is 2.85 Å². The average Bonchev–Trinajstić information content (AvgIpc) is 1.00. The summed E-state index contributed by atoms with van der Waals surface area (Å²) in [6.07, 6.45) is 0. The molecule has 0 saturated carbocycles. The topological polar surface area (TPSA) is 17.1 Å². The summed E-state index contributed by atoms with van der Waals surface area (Å²) >= 11 is 1.17. The van der Waals surface area contributed by atoms with E-state index in [0.29, 0.717) is 0 Å². The largest absolute Gasteiger partial charge is 0.0125 e. The van der Waals surface area contributed by atoms with Gasteiger partial charge in [-0.15, -0.1) is 0 Å². The monoisotopic (exact) mass is 116 g/mol. The number of rotatable bonds is 0. The summed E-state index contributed by atoms with van der Waals surface area (Å²) in [6, 6.07) is 0. The Hall–Kier alpha value is 1.81. The van der Waals surface area contributed by atoms with E-state index < -0.39 is 0 Å². The Balaban J connectivity index is -0.000000000833. The molecule has 0 aromatic rings. The Labute approximate surface area is 70.8 Å². The van der Waals surface area contributed by atoms with E-state index in [1.165, 1.54) is 16.2 Å². The quantitative estimate of drug-likeness (QED) is 0.340. The second-order valence-corrected chi connectivity index (χ2v) is 0. The van der Waals surface area contributed by atoms with Gasteiger partial charge in [-0.25, -0.2) is 0 Å². The van der Waals surface area contributed by atoms with Crippen molar-refractivity contribution >= 4 is 64.9 Å². The first-order valence-electron chi connectivity index (χ1n) is 0.236. The predicted octanol–water partition coefficient (Wildman–Crippen LogP) is -1.84. The van der Waals surface area contributed by atoms with Gasteiger partial charge in [0.1, 0.15) is 0 Å². The Bertz CT molecular complexity index is 13.5. The Morgan fingerprint density at radius 3 is 1.50 bits per heavy atom. The van der Waals surface area contributed by atoms with Crippen LogP contribution in [0.4, 0.5) is 0 Å². The molecule has 0 atom stereocenters. The van der Waals surface area contributed by atoms with Gasteiger partial charge in [-0.3, -0.25) is 0 Å². The first kappa shape index (κ1) is 17.0. The van der Waals surface area contributed by atoms with Crippen molar-refractivity contribution in [1.82, 2.24) is 0 Å². The van der Waals surface area contributed by atoms with E-state index in [-0.39, 0.29) is 51.6 Å². The van der Waals surface area contributed by atoms with Crippen LogP contribution in [-0.2, 0) is 3.80 Å². The molecule has 0 aliphatic heterocycles. The van der Waals surface area contributed by atoms with Crippen LogP contribution in [0.5, 0.6) is 0 Å². The molecule has 1 nitrogen and oxygen atoms in total. The van der Waals surface area contributed by atoms with Crippen LogP contribution in [0.15, 0.2) is 0 Å². The molecule has 0 aliphatic carbocycles. The number of hydrogen-bond donors (Lipinski definition) is 0. The molecule has 0 rings (SSSR count). The van der Waals surface area contributed by atoms with E-state index in [2.05, 4.69) is 0 Å². The van der Waals surface area contributed by atoms with Crippen molar-refractivity contribution in [3.8, 4) is 0 Å². The fourth-order valence-electron chi connectivity index (χ4n) is 0. The van der Waals surface area contributed by atoms with Gasteiger partial charge in [-0.1, -0.05) is 0 Å². The van der Waals surface area contributed by atoms with Gasteiger partial charge in [0.25, 0.3) is 0 Å². The van der Waals surface area contributed by atoms with Crippen LogP contribution in [-0.4, -0.2) is 64.9 Å². The molecule has 0 aliphatic rings. The van der Waals surface area contributed by atoms with Gasteiger partial charge in [0.15, 0.2) is 0 Å². The fourth-order valence-corrected chi connectivity index (χ4v) is 0. The van der Waals surface area contributed by atoms with E-state index >= 15 is 0 Å². The zero-order valence-electron chi connectivity index (χ0n) is 4.69. The fraction of sp³-hybridized carbons (Fsp3) is 0. The molecule has 0 N–H and O–H groups in total. The molecule has 0 aromatic heterocycles. The summed E-state index contributed by atoms with van der Waals surface area (Å²) in [5, 5.41) is 0. The van der Waals surface area contributed by atoms with Crippen molar-refractivity contribution in [3.63, 3.8) is 0 Å². The van der Waals surface area contributed by atoms with Gasteiger partial charge >= 0.3 is 57.8 Å². The standard InChI is InChI=1S/Al.Ca.O.H3Si.2H/h;;;1H3;;/q;+2;;;2*-1. The van der Waals surface area contributed by atoms with Crippen LogP contribution >= 0.6 is 0 Å².